The van der Waals surface area contributed by atoms with Gasteiger partial charge >= 0.3 is 18.1 Å². The zero-order chi connectivity index (χ0) is 64.2. The van der Waals surface area contributed by atoms with Crippen molar-refractivity contribution in [1.82, 2.24) is 5.32 Å². The molecule has 2 N–H and O–H groups in total. The first-order valence-electron chi connectivity index (χ1n) is 27.3. The molecule has 1 amide bonds. The zero-order valence-corrected chi connectivity index (χ0v) is 51.1. The summed E-state index contributed by atoms with van der Waals surface area (Å²) in [7, 11) is 5.92. The van der Waals surface area contributed by atoms with Gasteiger partial charge in [0.1, 0.15) is 35.3 Å². The number of rotatable bonds is 20. The molecular weight excluding hydrogens is 1130 g/mol. The van der Waals surface area contributed by atoms with E-state index in [1.807, 2.05) is 27.7 Å². The number of aromatic carboxylic acids is 1. The summed E-state index contributed by atoms with van der Waals surface area (Å²) in [6.45, 7) is 18.2. The van der Waals surface area contributed by atoms with Crippen LogP contribution in [-0.4, -0.2) is 108 Å². The number of benzene rings is 4. The predicted octanol–water partition coefficient (Wildman–Crippen LogP) is 9.78. The van der Waals surface area contributed by atoms with Crippen molar-refractivity contribution in [3.8, 4) is 23.0 Å². The van der Waals surface area contributed by atoms with Crippen LogP contribution in [0, 0.1) is 33.1 Å². The maximum Gasteiger partial charge on any atom is 0.373 e. The van der Waals surface area contributed by atoms with Gasteiger partial charge in [-0.15, -0.1) is 0 Å². The molecule has 0 unspecified atom stereocenters. The monoisotopic (exact) mass is 1200 g/mol. The van der Waals surface area contributed by atoms with Gasteiger partial charge < -0.3 is 61.9 Å². The highest BCUT2D eigenvalue weighted by Crippen LogP contribution is 2.39. The Labute approximate surface area is 501 Å². The number of ether oxygens (including phenoxy) is 9. The number of fused-ring (bicyclic) bond motifs is 4. The van der Waals surface area contributed by atoms with Gasteiger partial charge in [-0.2, -0.15) is 9.59 Å². The molecule has 0 spiro atoms. The highest BCUT2D eigenvalue weighted by molar-refractivity contribution is 6.31. The molecule has 8 rings (SSSR count). The van der Waals surface area contributed by atoms with E-state index in [0.717, 1.165) is 0 Å². The van der Waals surface area contributed by atoms with Crippen LogP contribution in [-0.2, 0) is 50.9 Å². The molecule has 4 aromatic carbocycles. The Hall–Kier alpha value is -9.05. The van der Waals surface area contributed by atoms with Gasteiger partial charge in [0.25, 0.3) is 5.91 Å². The lowest BCUT2D eigenvalue weighted by atomic mass is 9.86. The first kappa shape index (κ1) is 67.1. The van der Waals surface area contributed by atoms with Crippen LogP contribution in [0.4, 0.5) is 0 Å². The number of hydrogen-bond donors (Lipinski definition) is 2. The summed E-state index contributed by atoms with van der Waals surface area (Å²) >= 11 is 0. The van der Waals surface area contributed by atoms with Gasteiger partial charge in [-0.3, -0.25) is 24.0 Å². The second-order valence-corrected chi connectivity index (χ2v) is 22.6. The van der Waals surface area contributed by atoms with Crippen molar-refractivity contribution in [2.45, 2.75) is 107 Å². The minimum atomic E-state index is -1.24. The first-order valence-corrected chi connectivity index (χ1v) is 27.3. The Bertz CT molecular complexity index is 3860. The van der Waals surface area contributed by atoms with Crippen molar-refractivity contribution >= 4 is 68.6 Å². The Balaban J connectivity index is 0.000000279. The number of allylic oxidation sites excluding steroid dienone is 4. The summed E-state index contributed by atoms with van der Waals surface area (Å²) < 4.78 is 59.7. The molecule has 2 aliphatic carbocycles. The summed E-state index contributed by atoms with van der Waals surface area (Å²) in [5.41, 5.74) is 2.97. The average molecular weight is 1200 g/mol. The van der Waals surface area contributed by atoms with E-state index in [-0.39, 0.29) is 106 Å². The number of carbonyl (C=O) groups excluding carboxylic acids is 6. The minimum absolute atomic E-state index is 0.00188. The lowest BCUT2D eigenvalue weighted by molar-refractivity contribution is -0.191. The topological polar surface area (TPSA) is 295 Å². The van der Waals surface area contributed by atoms with Crippen molar-refractivity contribution < 1.29 is 90.1 Å². The molecule has 22 heteroatoms. The number of carbonyl (C=O) groups is 5. The number of hydrogen-bond acceptors (Lipinski definition) is 20. The number of amides is 1. The van der Waals surface area contributed by atoms with Crippen molar-refractivity contribution in [3.05, 3.63) is 148 Å². The van der Waals surface area contributed by atoms with Crippen molar-refractivity contribution in [2.24, 2.45) is 5.41 Å². The smallest absolute Gasteiger partial charge is 0.373 e. The fraction of sp³-hybridized carbons (Fsp3) is 0.385. The molecular formula is C65H71NO21. The SMILES string of the molecule is COCOc1cc2c(cc1OCOC)C(=O)C(c1coc3cc(C)c(C)c(C(=O)N[C@@H](CCC(C)(C)C)C(=O)OC(C)(C)C)c3c1=O)=CC2.COCOc1cc2c(cc1OCOC)C(=O)C(c1coc3cc(C)c(C)c(C(=O)O)c3c1=O)=CC2.O=C=O. The van der Waals surface area contributed by atoms with Crippen LogP contribution in [0.5, 0.6) is 23.0 Å². The van der Waals surface area contributed by atoms with E-state index in [2.05, 4.69) is 5.32 Å². The molecule has 0 fully saturated rings. The highest BCUT2D eigenvalue weighted by atomic mass is 16.7. The minimum Gasteiger partial charge on any atom is -0.478 e. The molecule has 0 bridgehead atoms. The van der Waals surface area contributed by atoms with E-state index < -0.39 is 51.9 Å². The largest absolute Gasteiger partial charge is 0.478 e. The summed E-state index contributed by atoms with van der Waals surface area (Å²) in [6, 6.07) is 8.82. The van der Waals surface area contributed by atoms with E-state index in [0.29, 0.717) is 81.7 Å². The highest BCUT2D eigenvalue weighted by Gasteiger charge is 2.34. The predicted molar refractivity (Wildman–Crippen MR) is 317 cm³/mol. The standard InChI is InChI=1S/C38H47NO10.C26H24O9.CO2/c1-21-15-30-32(31(22(21)2)35(42)39-27(13-14-37(3,4)5)36(43)49-38(6,7)8)34(41)26(18-46-30)24-12-11-23-16-28(47-19-44-9)29(48-20-45-10)17-25(23)33(24)40;1-13-7-21-23(22(14(13)2)26(29)30)25(28)18(10-33-21)16-6-5-15-8-19(34-11-31-3)20(35-12-32-4)9-17(15)24(16)27;2-1-3/h12,15-18,27H,11,13-14,19-20H2,1-10H3,(H,39,42);6-10H,5,11-12H2,1-4H3,(H,29,30);/t27-;;/m0../s1. The van der Waals surface area contributed by atoms with Gasteiger partial charge in [0.05, 0.1) is 33.0 Å². The van der Waals surface area contributed by atoms with E-state index >= 15 is 0 Å². The lowest BCUT2D eigenvalue weighted by Crippen LogP contribution is -2.45. The van der Waals surface area contributed by atoms with Crippen molar-refractivity contribution in [1.29, 1.82) is 0 Å². The Morgan fingerprint density at radius 1 is 0.586 bits per heavy atom. The number of ketones is 2. The number of nitrogens with one attached hydrogen (secondary N) is 1. The second-order valence-electron chi connectivity index (χ2n) is 22.6. The normalized spacial score (nSPS) is 13.1. The Morgan fingerprint density at radius 2 is 0.966 bits per heavy atom. The zero-order valence-electron chi connectivity index (χ0n) is 51.1. The van der Waals surface area contributed by atoms with Gasteiger partial charge in [-0.25, -0.2) is 9.59 Å². The van der Waals surface area contributed by atoms with Gasteiger partial charge in [-0.1, -0.05) is 32.9 Å². The molecule has 87 heavy (non-hydrogen) atoms. The third kappa shape index (κ3) is 15.7. The van der Waals surface area contributed by atoms with E-state index in [9.17, 15) is 38.7 Å². The third-order valence-electron chi connectivity index (χ3n) is 14.1. The molecule has 462 valence electrons. The molecule has 6 aromatic rings. The summed E-state index contributed by atoms with van der Waals surface area (Å²) in [4.78, 5) is 111. The quantitative estimate of drug-likeness (QED) is 0.0530. The average Bonchev–Trinajstić information content (AvgIpc) is 0.893. The summed E-state index contributed by atoms with van der Waals surface area (Å²) in [5.74, 6) is -1.94. The Morgan fingerprint density at radius 3 is 1.33 bits per heavy atom. The van der Waals surface area contributed by atoms with Crippen LogP contribution < -0.4 is 35.1 Å². The van der Waals surface area contributed by atoms with E-state index in [4.69, 9.17) is 61.1 Å². The number of esters is 1. The molecule has 0 saturated carbocycles. The number of Topliss-reactive ketones (excluding diaryl/α,β-unsaturated/α-hetero) is 2. The second kappa shape index (κ2) is 28.9. The first-order chi connectivity index (χ1) is 41.1. The number of aryl methyl sites for hydroxylation is 2. The third-order valence-corrected chi connectivity index (χ3v) is 14.1. The molecule has 0 aliphatic heterocycles. The Kier molecular flexibility index (Phi) is 22.3. The number of carboxylic acids is 1. The van der Waals surface area contributed by atoms with Crippen LogP contribution in [0.1, 0.15) is 140 Å². The maximum atomic E-state index is 14.3. The van der Waals surface area contributed by atoms with Crippen molar-refractivity contribution in [3.63, 3.8) is 0 Å². The van der Waals surface area contributed by atoms with Crippen LogP contribution in [0.3, 0.4) is 0 Å². The molecule has 22 nitrogen and oxygen atoms in total. The molecule has 1 atom stereocenters. The number of methoxy groups -OCH3 is 4. The number of carboxylic acid groups (broad SMARTS) is 1. The van der Waals surface area contributed by atoms with Crippen LogP contribution in [0.25, 0.3) is 33.1 Å². The van der Waals surface area contributed by atoms with Crippen LogP contribution in [0.2, 0.25) is 0 Å². The van der Waals surface area contributed by atoms with Crippen LogP contribution >= 0.6 is 0 Å². The molecule has 0 radical (unpaired) electrons. The van der Waals surface area contributed by atoms with Gasteiger partial charge in [-0.05, 0) is 149 Å². The van der Waals surface area contributed by atoms with Gasteiger partial charge in [0, 0.05) is 50.7 Å². The fourth-order valence-electron chi connectivity index (χ4n) is 9.65. The van der Waals surface area contributed by atoms with Gasteiger partial charge in [0.2, 0.25) is 10.9 Å². The van der Waals surface area contributed by atoms with E-state index in [1.54, 1.807) is 84.0 Å². The summed E-state index contributed by atoms with van der Waals surface area (Å²) in [5, 5.41) is 12.6. The van der Waals surface area contributed by atoms with Crippen molar-refractivity contribution in [2.75, 3.05) is 55.6 Å². The van der Waals surface area contributed by atoms with Gasteiger partial charge in [0.15, 0.2) is 61.7 Å². The molecule has 0 saturated heterocycles. The molecule has 2 heterocycles. The van der Waals surface area contributed by atoms with Crippen LogP contribution in [0.15, 0.2) is 79.5 Å². The maximum absolute atomic E-state index is 14.3. The molecule has 2 aliphatic rings. The van der Waals surface area contributed by atoms with E-state index in [1.165, 1.54) is 47.0 Å². The molecule has 2 aromatic heterocycles. The lowest BCUT2D eigenvalue weighted by Gasteiger charge is -2.27. The fourth-order valence-corrected chi connectivity index (χ4v) is 9.65. The summed E-state index contributed by atoms with van der Waals surface area (Å²) in [6.07, 6.45) is 7.60.